The molecular weight excluding hydrogens is 254 g/mol. The van der Waals surface area contributed by atoms with Crippen molar-refractivity contribution in [2.24, 2.45) is 0 Å². The summed E-state index contributed by atoms with van der Waals surface area (Å²) >= 11 is 0. The fraction of sp³-hybridized carbons (Fsp3) is 0.467. The number of carbonyl (C=O) groups excluding carboxylic acids is 2. The number of rotatable bonds is 4. The molecule has 1 aliphatic heterocycles. The van der Waals surface area contributed by atoms with E-state index in [4.69, 9.17) is 0 Å². The van der Waals surface area contributed by atoms with Gasteiger partial charge in [-0.3, -0.25) is 9.59 Å². The third-order valence-corrected chi connectivity index (χ3v) is 3.70. The minimum Gasteiger partial charge on any atom is -0.358 e. The molecule has 108 valence electrons. The Morgan fingerprint density at radius 2 is 2.15 bits per heavy atom. The first kappa shape index (κ1) is 14.5. The van der Waals surface area contributed by atoms with Crippen LogP contribution in [0.25, 0.3) is 0 Å². The zero-order valence-corrected chi connectivity index (χ0v) is 12.0. The van der Waals surface area contributed by atoms with E-state index in [1.807, 2.05) is 31.2 Å². The Kier molecular flexibility index (Phi) is 4.74. The van der Waals surface area contributed by atoms with E-state index in [-0.39, 0.29) is 24.3 Å². The lowest BCUT2D eigenvalue weighted by molar-refractivity contribution is -0.137. The molecule has 1 unspecified atom stereocenters. The van der Waals surface area contributed by atoms with Crippen LogP contribution in [0.2, 0.25) is 0 Å². The lowest BCUT2D eigenvalue weighted by atomic mass is 9.90. The SMILES string of the molecule is CCN(CC(=O)NC)C(=O)C1CNCc2ccccc21. The molecule has 0 saturated heterocycles. The average Bonchev–Trinajstić information content (AvgIpc) is 2.51. The standard InChI is InChI=1S/C15H21N3O2/c1-3-18(10-14(19)16-2)15(20)13-9-17-8-11-6-4-5-7-12(11)13/h4-7,13,17H,3,8-10H2,1-2H3,(H,16,19). The smallest absolute Gasteiger partial charge is 0.239 e. The number of hydrogen-bond acceptors (Lipinski definition) is 3. The van der Waals surface area contributed by atoms with Gasteiger partial charge in [0.05, 0.1) is 12.5 Å². The number of benzene rings is 1. The predicted octanol–water partition coefficient (Wildman–Crippen LogP) is 0.468. The maximum absolute atomic E-state index is 12.6. The van der Waals surface area contributed by atoms with Gasteiger partial charge in [0.2, 0.25) is 11.8 Å². The molecule has 0 aliphatic carbocycles. The van der Waals surface area contributed by atoms with Crippen LogP contribution >= 0.6 is 0 Å². The molecule has 0 bridgehead atoms. The molecule has 0 aromatic heterocycles. The molecule has 1 heterocycles. The Bertz CT molecular complexity index is 502. The third-order valence-electron chi connectivity index (χ3n) is 3.70. The minimum absolute atomic E-state index is 0.00995. The van der Waals surface area contributed by atoms with Crippen molar-refractivity contribution in [3.8, 4) is 0 Å². The van der Waals surface area contributed by atoms with Gasteiger partial charge >= 0.3 is 0 Å². The summed E-state index contributed by atoms with van der Waals surface area (Å²) < 4.78 is 0. The molecule has 2 rings (SSSR count). The highest BCUT2D eigenvalue weighted by Crippen LogP contribution is 2.25. The van der Waals surface area contributed by atoms with Gasteiger partial charge in [0.1, 0.15) is 0 Å². The quantitative estimate of drug-likeness (QED) is 0.839. The summed E-state index contributed by atoms with van der Waals surface area (Å²) in [5.41, 5.74) is 2.24. The van der Waals surface area contributed by atoms with Gasteiger partial charge in [-0.25, -0.2) is 0 Å². The van der Waals surface area contributed by atoms with Crippen LogP contribution < -0.4 is 10.6 Å². The molecule has 2 amide bonds. The Balaban J connectivity index is 2.18. The topological polar surface area (TPSA) is 61.4 Å². The molecule has 5 heteroatoms. The molecule has 1 aromatic rings. The van der Waals surface area contributed by atoms with Gasteiger partial charge < -0.3 is 15.5 Å². The summed E-state index contributed by atoms with van der Waals surface area (Å²) in [6.07, 6.45) is 0. The van der Waals surface area contributed by atoms with Crippen molar-refractivity contribution in [2.75, 3.05) is 26.7 Å². The molecule has 0 radical (unpaired) electrons. The first-order valence-electron chi connectivity index (χ1n) is 6.95. The fourth-order valence-corrected chi connectivity index (χ4v) is 2.53. The van der Waals surface area contributed by atoms with E-state index < -0.39 is 0 Å². The molecule has 20 heavy (non-hydrogen) atoms. The zero-order chi connectivity index (χ0) is 14.5. The number of nitrogens with one attached hydrogen (secondary N) is 2. The molecule has 0 saturated carbocycles. The van der Waals surface area contributed by atoms with Gasteiger partial charge in [-0.1, -0.05) is 24.3 Å². The van der Waals surface area contributed by atoms with Crippen molar-refractivity contribution < 1.29 is 9.59 Å². The zero-order valence-electron chi connectivity index (χ0n) is 12.0. The molecule has 1 aromatic carbocycles. The minimum atomic E-state index is -0.204. The van der Waals surface area contributed by atoms with Crippen molar-refractivity contribution in [3.63, 3.8) is 0 Å². The second-order valence-corrected chi connectivity index (χ2v) is 4.91. The molecule has 0 spiro atoms. The van der Waals surface area contributed by atoms with Crippen LogP contribution in [-0.4, -0.2) is 43.4 Å². The van der Waals surface area contributed by atoms with Crippen molar-refractivity contribution in [1.29, 1.82) is 0 Å². The summed E-state index contributed by atoms with van der Waals surface area (Å²) in [6, 6.07) is 7.98. The van der Waals surface area contributed by atoms with E-state index >= 15 is 0 Å². The summed E-state index contributed by atoms with van der Waals surface area (Å²) in [5.74, 6) is -0.336. The number of likely N-dealkylation sites (N-methyl/N-ethyl adjacent to an activating group) is 2. The normalized spacial score (nSPS) is 17.2. The number of nitrogens with zero attached hydrogens (tertiary/aromatic N) is 1. The third kappa shape index (κ3) is 2.99. The van der Waals surface area contributed by atoms with Crippen molar-refractivity contribution in [3.05, 3.63) is 35.4 Å². The summed E-state index contributed by atoms with van der Waals surface area (Å²) in [7, 11) is 1.58. The van der Waals surface area contributed by atoms with Crippen molar-refractivity contribution in [2.45, 2.75) is 19.4 Å². The lowest BCUT2D eigenvalue weighted by Crippen LogP contribution is -2.45. The lowest BCUT2D eigenvalue weighted by Gasteiger charge is -2.30. The summed E-state index contributed by atoms with van der Waals surface area (Å²) in [5, 5.41) is 5.83. The predicted molar refractivity (Wildman–Crippen MR) is 77.2 cm³/mol. The molecule has 5 nitrogen and oxygen atoms in total. The van der Waals surface area contributed by atoms with Crippen LogP contribution in [0.15, 0.2) is 24.3 Å². The Labute approximate surface area is 119 Å². The fourth-order valence-electron chi connectivity index (χ4n) is 2.53. The van der Waals surface area contributed by atoms with E-state index in [2.05, 4.69) is 10.6 Å². The Morgan fingerprint density at radius 1 is 1.40 bits per heavy atom. The van der Waals surface area contributed by atoms with Gasteiger partial charge in [-0.2, -0.15) is 0 Å². The monoisotopic (exact) mass is 275 g/mol. The van der Waals surface area contributed by atoms with E-state index in [0.717, 1.165) is 17.7 Å². The Morgan fingerprint density at radius 3 is 2.85 bits per heavy atom. The maximum atomic E-state index is 12.6. The molecule has 0 fully saturated rings. The van der Waals surface area contributed by atoms with Gasteiger partial charge in [0.15, 0.2) is 0 Å². The molecule has 1 atom stereocenters. The first-order chi connectivity index (χ1) is 9.67. The van der Waals surface area contributed by atoms with E-state index in [1.165, 1.54) is 0 Å². The number of fused-ring (bicyclic) bond motifs is 1. The average molecular weight is 275 g/mol. The maximum Gasteiger partial charge on any atom is 0.239 e. The van der Waals surface area contributed by atoms with Gasteiger partial charge in [0, 0.05) is 26.7 Å². The second kappa shape index (κ2) is 6.52. The summed E-state index contributed by atoms with van der Waals surface area (Å²) in [4.78, 5) is 25.7. The highest BCUT2D eigenvalue weighted by Gasteiger charge is 2.29. The highest BCUT2D eigenvalue weighted by atomic mass is 16.2. The number of amides is 2. The first-order valence-corrected chi connectivity index (χ1v) is 6.95. The molecule has 1 aliphatic rings. The van der Waals surface area contributed by atoms with E-state index in [0.29, 0.717) is 13.1 Å². The van der Waals surface area contributed by atoms with Crippen LogP contribution in [-0.2, 0) is 16.1 Å². The Hall–Kier alpha value is -1.88. The second-order valence-electron chi connectivity index (χ2n) is 4.91. The summed E-state index contributed by atoms with van der Waals surface area (Å²) in [6.45, 7) is 3.96. The van der Waals surface area contributed by atoms with Gasteiger partial charge in [0.25, 0.3) is 0 Å². The highest BCUT2D eigenvalue weighted by molar-refractivity contribution is 5.89. The number of carbonyl (C=O) groups is 2. The van der Waals surface area contributed by atoms with Crippen LogP contribution in [0, 0.1) is 0 Å². The van der Waals surface area contributed by atoms with E-state index in [1.54, 1.807) is 11.9 Å². The number of hydrogen-bond donors (Lipinski definition) is 2. The van der Waals surface area contributed by atoms with Gasteiger partial charge in [-0.15, -0.1) is 0 Å². The van der Waals surface area contributed by atoms with Crippen molar-refractivity contribution in [1.82, 2.24) is 15.5 Å². The van der Waals surface area contributed by atoms with Crippen LogP contribution in [0.5, 0.6) is 0 Å². The van der Waals surface area contributed by atoms with Gasteiger partial charge in [-0.05, 0) is 18.1 Å². The molecular formula is C15H21N3O2. The van der Waals surface area contributed by atoms with E-state index in [9.17, 15) is 9.59 Å². The largest absolute Gasteiger partial charge is 0.358 e. The van der Waals surface area contributed by atoms with Crippen LogP contribution in [0.4, 0.5) is 0 Å². The molecule has 2 N–H and O–H groups in total. The van der Waals surface area contributed by atoms with Crippen LogP contribution in [0.3, 0.4) is 0 Å². The van der Waals surface area contributed by atoms with Crippen molar-refractivity contribution >= 4 is 11.8 Å². The van der Waals surface area contributed by atoms with Crippen LogP contribution in [0.1, 0.15) is 24.0 Å².